The van der Waals surface area contributed by atoms with Crippen LogP contribution in [0.2, 0.25) is 0 Å². The quantitative estimate of drug-likeness (QED) is 0.655. The minimum absolute atomic E-state index is 0.244. The van der Waals surface area contributed by atoms with Gasteiger partial charge in [-0.2, -0.15) is 0 Å². The molecule has 2 rings (SSSR count). The van der Waals surface area contributed by atoms with Crippen LogP contribution in [0.3, 0.4) is 0 Å². The molecule has 1 aromatic heterocycles. The molecule has 112 valence electrons. The highest BCUT2D eigenvalue weighted by molar-refractivity contribution is 6.04. The van der Waals surface area contributed by atoms with E-state index < -0.39 is 5.97 Å². The van der Waals surface area contributed by atoms with Crippen LogP contribution in [0.4, 0.5) is 0 Å². The fraction of sp³-hybridized carbons (Fsp3) is 0.375. The number of para-hydroxylation sites is 1. The molecule has 0 aliphatic rings. The summed E-state index contributed by atoms with van der Waals surface area (Å²) in [6.07, 6.45) is 3.65. The first-order valence-corrected chi connectivity index (χ1v) is 7.11. The average Bonchev–Trinajstić information content (AvgIpc) is 2.83. The van der Waals surface area contributed by atoms with Gasteiger partial charge < -0.3 is 14.6 Å². The number of unbranched alkanes of at least 4 members (excludes halogenated alkanes) is 1. The molecule has 1 N–H and O–H groups in total. The molecule has 1 heterocycles. The summed E-state index contributed by atoms with van der Waals surface area (Å²) >= 11 is 0. The molecule has 0 radical (unpaired) electrons. The summed E-state index contributed by atoms with van der Waals surface area (Å²) in [5.41, 5.74) is 1.44. The van der Waals surface area contributed by atoms with Gasteiger partial charge in [-0.1, -0.05) is 31.5 Å². The number of ether oxygens (including phenoxy) is 1. The van der Waals surface area contributed by atoms with Gasteiger partial charge in [-0.3, -0.25) is 4.79 Å². The smallest absolute Gasteiger partial charge is 0.340 e. The van der Waals surface area contributed by atoms with Gasteiger partial charge in [0, 0.05) is 30.7 Å². The van der Waals surface area contributed by atoms with Crippen molar-refractivity contribution in [2.45, 2.75) is 19.8 Å². The van der Waals surface area contributed by atoms with Gasteiger partial charge in [0.15, 0.2) is 6.61 Å². The van der Waals surface area contributed by atoms with E-state index in [0.29, 0.717) is 12.1 Å². The summed E-state index contributed by atoms with van der Waals surface area (Å²) in [7, 11) is 1.87. The van der Waals surface area contributed by atoms with Crippen molar-refractivity contribution in [3.05, 3.63) is 36.0 Å². The Morgan fingerprint density at radius 3 is 2.81 bits per heavy atom. The van der Waals surface area contributed by atoms with Gasteiger partial charge in [0.25, 0.3) is 5.91 Å². The van der Waals surface area contributed by atoms with Gasteiger partial charge in [0.1, 0.15) is 0 Å². The molecule has 0 fully saturated rings. The molecule has 0 saturated carbocycles. The van der Waals surface area contributed by atoms with Crippen molar-refractivity contribution < 1.29 is 14.3 Å². The zero-order chi connectivity index (χ0) is 15.2. The third-order valence-electron chi connectivity index (χ3n) is 3.30. The van der Waals surface area contributed by atoms with Gasteiger partial charge >= 0.3 is 5.97 Å². The predicted molar refractivity (Wildman–Crippen MR) is 81.1 cm³/mol. The largest absolute Gasteiger partial charge is 0.452 e. The number of nitrogens with one attached hydrogen (secondary N) is 1. The Hall–Kier alpha value is -2.30. The Kier molecular flexibility index (Phi) is 4.98. The minimum atomic E-state index is -0.475. The van der Waals surface area contributed by atoms with Crippen LogP contribution in [-0.2, 0) is 16.6 Å². The number of aryl methyl sites for hydroxylation is 1. The number of carbonyl (C=O) groups excluding carboxylic acids is 2. The van der Waals surface area contributed by atoms with Crippen LogP contribution in [0.5, 0.6) is 0 Å². The highest BCUT2D eigenvalue weighted by atomic mass is 16.5. The Bertz CT molecular complexity index is 646. The van der Waals surface area contributed by atoms with E-state index in [1.807, 2.05) is 42.8 Å². The van der Waals surface area contributed by atoms with Crippen molar-refractivity contribution >= 4 is 22.8 Å². The molecule has 0 aliphatic heterocycles. The second kappa shape index (κ2) is 6.92. The molecule has 0 saturated heterocycles. The lowest BCUT2D eigenvalue weighted by atomic mass is 10.2. The van der Waals surface area contributed by atoms with Crippen molar-refractivity contribution in [1.82, 2.24) is 9.88 Å². The van der Waals surface area contributed by atoms with Crippen LogP contribution in [-0.4, -0.2) is 29.6 Å². The summed E-state index contributed by atoms with van der Waals surface area (Å²) < 4.78 is 6.95. The average molecular weight is 288 g/mol. The van der Waals surface area contributed by atoms with Crippen LogP contribution in [0.25, 0.3) is 10.9 Å². The molecule has 0 unspecified atom stereocenters. The molecule has 0 atom stereocenters. The second-order valence-corrected chi connectivity index (χ2v) is 4.95. The lowest BCUT2D eigenvalue weighted by molar-refractivity contribution is -0.124. The number of rotatable bonds is 6. The van der Waals surface area contributed by atoms with Crippen molar-refractivity contribution in [3.63, 3.8) is 0 Å². The lowest BCUT2D eigenvalue weighted by Crippen LogP contribution is -2.29. The van der Waals surface area contributed by atoms with Gasteiger partial charge in [0.05, 0.1) is 5.56 Å². The van der Waals surface area contributed by atoms with E-state index in [4.69, 9.17) is 4.74 Å². The van der Waals surface area contributed by atoms with E-state index in [1.165, 1.54) is 0 Å². The molecule has 21 heavy (non-hydrogen) atoms. The Morgan fingerprint density at radius 2 is 2.05 bits per heavy atom. The normalized spacial score (nSPS) is 10.6. The highest BCUT2D eigenvalue weighted by Crippen LogP contribution is 2.20. The molecule has 0 spiro atoms. The maximum Gasteiger partial charge on any atom is 0.340 e. The van der Waals surface area contributed by atoms with Crippen LogP contribution in [0, 0.1) is 0 Å². The topological polar surface area (TPSA) is 60.3 Å². The molecule has 1 amide bonds. The number of aromatic nitrogens is 1. The summed E-state index contributed by atoms with van der Waals surface area (Å²) in [5.74, 6) is -0.741. The second-order valence-electron chi connectivity index (χ2n) is 4.95. The third-order valence-corrected chi connectivity index (χ3v) is 3.30. The fourth-order valence-corrected chi connectivity index (χ4v) is 2.17. The van der Waals surface area contributed by atoms with Crippen LogP contribution >= 0.6 is 0 Å². The number of amides is 1. The molecule has 0 aliphatic carbocycles. The van der Waals surface area contributed by atoms with E-state index in [2.05, 4.69) is 5.32 Å². The number of esters is 1. The van der Waals surface area contributed by atoms with E-state index in [9.17, 15) is 9.59 Å². The molecular formula is C16H20N2O3. The first kappa shape index (κ1) is 15.1. The van der Waals surface area contributed by atoms with E-state index in [0.717, 1.165) is 23.7 Å². The number of hydrogen-bond donors (Lipinski definition) is 1. The SMILES string of the molecule is CCCCNC(=O)COC(=O)c1cn(C)c2ccccc12. The van der Waals surface area contributed by atoms with Crippen LogP contribution in [0.1, 0.15) is 30.1 Å². The molecule has 2 aromatic rings. The highest BCUT2D eigenvalue weighted by Gasteiger charge is 2.15. The number of nitrogens with zero attached hydrogens (tertiary/aromatic N) is 1. The molecule has 1 aromatic carbocycles. The first-order chi connectivity index (χ1) is 10.1. The summed E-state index contributed by atoms with van der Waals surface area (Å²) in [6.45, 7) is 2.42. The summed E-state index contributed by atoms with van der Waals surface area (Å²) in [5, 5.41) is 3.54. The molecule has 5 heteroatoms. The van der Waals surface area contributed by atoms with Crippen molar-refractivity contribution in [2.75, 3.05) is 13.2 Å². The summed E-state index contributed by atoms with van der Waals surface area (Å²) in [4.78, 5) is 23.6. The lowest BCUT2D eigenvalue weighted by Gasteiger charge is -2.05. The standard InChI is InChI=1S/C16H20N2O3/c1-3-4-9-17-15(19)11-21-16(20)13-10-18(2)14-8-6-5-7-12(13)14/h5-8,10H,3-4,9,11H2,1-2H3,(H,17,19). The van der Waals surface area contributed by atoms with Gasteiger partial charge in [0.2, 0.25) is 0 Å². The predicted octanol–water partition coefficient (Wildman–Crippen LogP) is 2.25. The Morgan fingerprint density at radius 1 is 1.29 bits per heavy atom. The number of hydrogen-bond acceptors (Lipinski definition) is 3. The van der Waals surface area contributed by atoms with Gasteiger partial charge in [-0.05, 0) is 12.5 Å². The van der Waals surface area contributed by atoms with Crippen molar-refractivity contribution in [2.24, 2.45) is 7.05 Å². The summed E-state index contributed by atoms with van der Waals surface area (Å²) in [6, 6.07) is 7.59. The van der Waals surface area contributed by atoms with Crippen molar-refractivity contribution in [3.8, 4) is 0 Å². The van der Waals surface area contributed by atoms with E-state index >= 15 is 0 Å². The maximum absolute atomic E-state index is 12.1. The maximum atomic E-state index is 12.1. The Labute approximate surface area is 123 Å². The number of fused-ring (bicyclic) bond motifs is 1. The van der Waals surface area contributed by atoms with Crippen molar-refractivity contribution in [1.29, 1.82) is 0 Å². The van der Waals surface area contributed by atoms with Crippen LogP contribution < -0.4 is 5.32 Å². The molecule has 5 nitrogen and oxygen atoms in total. The van der Waals surface area contributed by atoms with Gasteiger partial charge in [-0.15, -0.1) is 0 Å². The van der Waals surface area contributed by atoms with Gasteiger partial charge in [-0.25, -0.2) is 4.79 Å². The van der Waals surface area contributed by atoms with Crippen LogP contribution in [0.15, 0.2) is 30.5 Å². The zero-order valence-electron chi connectivity index (χ0n) is 12.4. The Balaban J connectivity index is 1.98. The van der Waals surface area contributed by atoms with E-state index in [1.54, 1.807) is 6.20 Å². The number of benzene rings is 1. The monoisotopic (exact) mass is 288 g/mol. The first-order valence-electron chi connectivity index (χ1n) is 7.11. The minimum Gasteiger partial charge on any atom is -0.452 e. The fourth-order valence-electron chi connectivity index (χ4n) is 2.17. The third kappa shape index (κ3) is 3.62. The number of carbonyl (C=O) groups is 2. The molecular weight excluding hydrogens is 268 g/mol. The molecule has 0 bridgehead atoms. The zero-order valence-corrected chi connectivity index (χ0v) is 12.4. The van der Waals surface area contributed by atoms with E-state index in [-0.39, 0.29) is 12.5 Å².